The maximum atomic E-state index is 12.6. The molecule has 1 spiro atoms. The SMILES string of the molecule is Cc1occc1C(=O)N1CC[C@]2(CC(C(=O)NC[C@@H]3CCCO3)=NO2)C1. The number of ether oxygens (including phenoxy) is 1. The maximum Gasteiger partial charge on any atom is 0.269 e. The number of oxime groups is 1. The molecule has 0 aliphatic carbocycles. The van der Waals surface area contributed by atoms with Crippen LogP contribution in [0.2, 0.25) is 0 Å². The fourth-order valence-corrected chi connectivity index (χ4v) is 3.77. The molecule has 4 heterocycles. The highest BCUT2D eigenvalue weighted by atomic mass is 16.7. The number of furan rings is 1. The van der Waals surface area contributed by atoms with Gasteiger partial charge in [-0.25, -0.2) is 0 Å². The summed E-state index contributed by atoms with van der Waals surface area (Å²) in [4.78, 5) is 32.3. The molecule has 0 radical (unpaired) electrons. The first-order valence-corrected chi connectivity index (χ1v) is 9.05. The monoisotopic (exact) mass is 361 g/mol. The highest BCUT2D eigenvalue weighted by molar-refractivity contribution is 6.39. The molecule has 1 N–H and O–H groups in total. The van der Waals surface area contributed by atoms with Crippen molar-refractivity contribution < 1.29 is 23.6 Å². The van der Waals surface area contributed by atoms with Gasteiger partial charge in [0.1, 0.15) is 11.5 Å². The van der Waals surface area contributed by atoms with Crippen molar-refractivity contribution in [3.63, 3.8) is 0 Å². The fraction of sp³-hybridized carbons (Fsp3) is 0.611. The second kappa shape index (κ2) is 6.75. The molecule has 8 nitrogen and oxygen atoms in total. The maximum absolute atomic E-state index is 12.6. The molecule has 8 heteroatoms. The first-order chi connectivity index (χ1) is 12.6. The fourth-order valence-electron chi connectivity index (χ4n) is 3.77. The van der Waals surface area contributed by atoms with E-state index >= 15 is 0 Å². The van der Waals surface area contributed by atoms with Crippen molar-refractivity contribution >= 4 is 17.5 Å². The van der Waals surface area contributed by atoms with Crippen LogP contribution in [0.4, 0.5) is 0 Å². The van der Waals surface area contributed by atoms with E-state index in [1.165, 1.54) is 6.26 Å². The van der Waals surface area contributed by atoms with Crippen LogP contribution in [-0.4, -0.2) is 60.4 Å². The van der Waals surface area contributed by atoms with Gasteiger partial charge in [0.15, 0.2) is 5.60 Å². The average molecular weight is 361 g/mol. The van der Waals surface area contributed by atoms with Gasteiger partial charge >= 0.3 is 0 Å². The van der Waals surface area contributed by atoms with Crippen LogP contribution in [0.1, 0.15) is 41.8 Å². The first kappa shape index (κ1) is 17.1. The van der Waals surface area contributed by atoms with Gasteiger partial charge < -0.3 is 24.2 Å². The van der Waals surface area contributed by atoms with E-state index in [-0.39, 0.29) is 17.9 Å². The third-order valence-electron chi connectivity index (χ3n) is 5.31. The molecule has 2 saturated heterocycles. The summed E-state index contributed by atoms with van der Waals surface area (Å²) in [5.74, 6) is 0.314. The summed E-state index contributed by atoms with van der Waals surface area (Å²) in [5.41, 5.74) is 0.358. The molecule has 3 aliphatic heterocycles. The zero-order chi connectivity index (χ0) is 18.1. The van der Waals surface area contributed by atoms with E-state index in [0.717, 1.165) is 19.4 Å². The lowest BCUT2D eigenvalue weighted by Gasteiger charge is -2.21. The minimum atomic E-state index is -0.593. The Balaban J connectivity index is 1.32. The highest BCUT2D eigenvalue weighted by Gasteiger charge is 2.48. The number of hydrogen-bond acceptors (Lipinski definition) is 6. The average Bonchev–Trinajstić information content (AvgIpc) is 3.42. The summed E-state index contributed by atoms with van der Waals surface area (Å²) in [6.07, 6.45) is 4.68. The summed E-state index contributed by atoms with van der Waals surface area (Å²) < 4.78 is 10.7. The number of carbonyl (C=O) groups is 2. The molecule has 0 bridgehead atoms. The lowest BCUT2D eigenvalue weighted by Crippen LogP contribution is -2.40. The normalized spacial score (nSPS) is 27.7. The molecular weight excluding hydrogens is 338 g/mol. The Morgan fingerprint density at radius 1 is 1.46 bits per heavy atom. The number of amides is 2. The van der Waals surface area contributed by atoms with Crippen LogP contribution >= 0.6 is 0 Å². The van der Waals surface area contributed by atoms with Gasteiger partial charge in [-0.1, -0.05) is 5.16 Å². The molecule has 26 heavy (non-hydrogen) atoms. The number of nitrogens with one attached hydrogen (secondary N) is 1. The van der Waals surface area contributed by atoms with E-state index in [1.54, 1.807) is 17.9 Å². The molecule has 3 aliphatic rings. The molecule has 4 rings (SSSR count). The Kier molecular flexibility index (Phi) is 4.44. The van der Waals surface area contributed by atoms with Crippen molar-refractivity contribution in [2.75, 3.05) is 26.2 Å². The summed E-state index contributed by atoms with van der Waals surface area (Å²) >= 11 is 0. The van der Waals surface area contributed by atoms with E-state index in [9.17, 15) is 9.59 Å². The van der Waals surface area contributed by atoms with E-state index in [0.29, 0.717) is 49.5 Å². The Labute approximate surface area is 151 Å². The lowest BCUT2D eigenvalue weighted by molar-refractivity contribution is -0.115. The molecule has 1 aromatic heterocycles. The minimum Gasteiger partial charge on any atom is -0.469 e. The van der Waals surface area contributed by atoms with Crippen LogP contribution in [0, 0.1) is 6.92 Å². The van der Waals surface area contributed by atoms with E-state index < -0.39 is 5.60 Å². The summed E-state index contributed by atoms with van der Waals surface area (Å²) in [5, 5.41) is 6.87. The van der Waals surface area contributed by atoms with Crippen molar-refractivity contribution in [1.82, 2.24) is 10.2 Å². The van der Waals surface area contributed by atoms with Gasteiger partial charge in [0.25, 0.3) is 11.8 Å². The van der Waals surface area contributed by atoms with Crippen molar-refractivity contribution in [1.29, 1.82) is 0 Å². The van der Waals surface area contributed by atoms with Crippen LogP contribution in [-0.2, 0) is 14.4 Å². The molecular formula is C18H23N3O5. The number of nitrogens with zero attached hydrogens (tertiary/aromatic N) is 2. The lowest BCUT2D eigenvalue weighted by atomic mass is 9.96. The van der Waals surface area contributed by atoms with Gasteiger partial charge in [-0.3, -0.25) is 9.59 Å². The van der Waals surface area contributed by atoms with E-state index in [4.69, 9.17) is 14.0 Å². The molecule has 0 aromatic carbocycles. The van der Waals surface area contributed by atoms with Crippen LogP contribution in [0.3, 0.4) is 0 Å². The molecule has 1 aromatic rings. The number of carbonyl (C=O) groups excluding carboxylic acids is 2. The van der Waals surface area contributed by atoms with Gasteiger partial charge in [0.2, 0.25) is 0 Å². The van der Waals surface area contributed by atoms with Gasteiger partial charge in [-0.15, -0.1) is 0 Å². The summed E-state index contributed by atoms with van der Waals surface area (Å²) in [6.45, 7) is 4.01. The van der Waals surface area contributed by atoms with Crippen LogP contribution in [0.5, 0.6) is 0 Å². The minimum absolute atomic E-state index is 0.0759. The van der Waals surface area contributed by atoms with E-state index in [1.807, 2.05) is 0 Å². The van der Waals surface area contributed by atoms with Gasteiger partial charge in [0.05, 0.1) is 24.5 Å². The predicted octanol–water partition coefficient (Wildman–Crippen LogP) is 1.24. The first-order valence-electron chi connectivity index (χ1n) is 9.05. The third-order valence-corrected chi connectivity index (χ3v) is 5.31. The quantitative estimate of drug-likeness (QED) is 0.871. The molecule has 140 valence electrons. The molecule has 2 atom stereocenters. The second-order valence-corrected chi connectivity index (χ2v) is 7.20. The second-order valence-electron chi connectivity index (χ2n) is 7.20. The Morgan fingerprint density at radius 3 is 3.08 bits per heavy atom. The Bertz CT molecular complexity index is 737. The molecule has 2 amide bonds. The number of likely N-dealkylation sites (tertiary alicyclic amines) is 1. The third kappa shape index (κ3) is 3.21. The van der Waals surface area contributed by atoms with Crippen LogP contribution in [0.15, 0.2) is 21.9 Å². The highest BCUT2D eigenvalue weighted by Crippen LogP contribution is 2.34. The van der Waals surface area contributed by atoms with Crippen molar-refractivity contribution in [3.8, 4) is 0 Å². The number of aryl methyl sites for hydroxylation is 1. The van der Waals surface area contributed by atoms with Crippen molar-refractivity contribution in [2.45, 2.75) is 44.3 Å². The molecule has 0 saturated carbocycles. The summed E-state index contributed by atoms with van der Waals surface area (Å²) in [6, 6.07) is 1.68. The van der Waals surface area contributed by atoms with Crippen molar-refractivity contribution in [2.24, 2.45) is 5.16 Å². The number of rotatable bonds is 4. The van der Waals surface area contributed by atoms with Crippen LogP contribution < -0.4 is 5.32 Å². The topological polar surface area (TPSA) is 93.4 Å². The zero-order valence-corrected chi connectivity index (χ0v) is 14.8. The smallest absolute Gasteiger partial charge is 0.269 e. The predicted molar refractivity (Wildman–Crippen MR) is 91.8 cm³/mol. The Hall–Kier alpha value is -2.35. The zero-order valence-electron chi connectivity index (χ0n) is 14.8. The van der Waals surface area contributed by atoms with Crippen molar-refractivity contribution in [3.05, 3.63) is 23.7 Å². The molecule has 2 fully saturated rings. The number of hydrogen-bond donors (Lipinski definition) is 1. The van der Waals surface area contributed by atoms with Gasteiger partial charge in [0, 0.05) is 32.5 Å². The largest absolute Gasteiger partial charge is 0.469 e. The standard InChI is InChI=1S/C18H23N3O5/c1-12-14(4-8-24-12)17(23)21-6-5-18(11-21)9-15(20-26-18)16(22)19-10-13-3-2-7-25-13/h4,8,13H,2-3,5-7,9-11H2,1H3,(H,19,22)/t13-,18-/m0/s1. The van der Waals surface area contributed by atoms with E-state index in [2.05, 4.69) is 10.5 Å². The summed E-state index contributed by atoms with van der Waals surface area (Å²) in [7, 11) is 0. The Morgan fingerprint density at radius 2 is 2.35 bits per heavy atom. The molecule has 0 unspecified atom stereocenters. The van der Waals surface area contributed by atoms with Crippen LogP contribution in [0.25, 0.3) is 0 Å². The van der Waals surface area contributed by atoms with Gasteiger partial charge in [-0.2, -0.15) is 0 Å². The van der Waals surface area contributed by atoms with Gasteiger partial charge in [-0.05, 0) is 25.8 Å².